The molecule has 0 bridgehead atoms. The first-order valence-electron chi connectivity index (χ1n) is 9.42. The van der Waals surface area contributed by atoms with Crippen molar-refractivity contribution in [2.45, 2.75) is 25.4 Å². The molecule has 0 radical (unpaired) electrons. The van der Waals surface area contributed by atoms with Crippen molar-refractivity contribution < 1.29 is 13.5 Å². The zero-order valence-electron chi connectivity index (χ0n) is 16.4. The van der Waals surface area contributed by atoms with E-state index in [9.17, 15) is 8.78 Å². The van der Waals surface area contributed by atoms with Crippen molar-refractivity contribution in [3.8, 4) is 5.75 Å². The molecule has 0 unspecified atom stereocenters. The fourth-order valence-corrected chi connectivity index (χ4v) is 3.83. The number of hydrogen-bond acceptors (Lipinski definition) is 4. The van der Waals surface area contributed by atoms with Crippen LogP contribution in [0, 0.1) is 11.6 Å². The lowest BCUT2D eigenvalue weighted by molar-refractivity contribution is 0.198. The summed E-state index contributed by atoms with van der Waals surface area (Å²) in [5.41, 5.74) is 1.38. The second kappa shape index (κ2) is 12.3. The monoisotopic (exact) mass is 536 g/mol. The minimum atomic E-state index is -0.909. The van der Waals surface area contributed by atoms with Crippen LogP contribution < -0.4 is 15.4 Å². The Kier molecular flexibility index (Phi) is 10.1. The van der Waals surface area contributed by atoms with Gasteiger partial charge < -0.3 is 15.4 Å². The average molecular weight is 536 g/mol. The zero-order chi connectivity index (χ0) is 19.8. The van der Waals surface area contributed by atoms with Gasteiger partial charge in [-0.2, -0.15) is 11.3 Å². The maximum Gasteiger partial charge on any atom is 0.191 e. The summed E-state index contributed by atoms with van der Waals surface area (Å²) in [6.45, 7) is 3.97. The molecule has 2 aromatic rings. The first-order valence-corrected chi connectivity index (χ1v) is 10.4. The Morgan fingerprint density at radius 3 is 2.69 bits per heavy atom. The number of aliphatic imine (C=N–C) groups is 1. The summed E-state index contributed by atoms with van der Waals surface area (Å²) in [4.78, 5) is 6.73. The predicted molar refractivity (Wildman–Crippen MR) is 124 cm³/mol. The van der Waals surface area contributed by atoms with Gasteiger partial charge in [0.05, 0.1) is 6.54 Å². The van der Waals surface area contributed by atoms with E-state index < -0.39 is 11.6 Å². The number of halogens is 3. The van der Waals surface area contributed by atoms with E-state index in [0.29, 0.717) is 24.9 Å². The lowest BCUT2D eigenvalue weighted by Gasteiger charge is -2.32. The molecule has 0 saturated carbocycles. The van der Waals surface area contributed by atoms with Gasteiger partial charge in [-0.25, -0.2) is 8.78 Å². The number of ether oxygens (including phenoxy) is 1. The van der Waals surface area contributed by atoms with Crippen molar-refractivity contribution >= 4 is 41.3 Å². The van der Waals surface area contributed by atoms with Crippen LogP contribution in [0.15, 0.2) is 40.0 Å². The summed E-state index contributed by atoms with van der Waals surface area (Å²) >= 11 is 1.74. The summed E-state index contributed by atoms with van der Waals surface area (Å²) in [5, 5.41) is 11.0. The van der Waals surface area contributed by atoms with Crippen molar-refractivity contribution in [3.05, 3.63) is 52.2 Å². The van der Waals surface area contributed by atoms with E-state index in [1.807, 2.05) is 0 Å². The lowest BCUT2D eigenvalue weighted by Crippen LogP contribution is -2.49. The van der Waals surface area contributed by atoms with Crippen LogP contribution >= 0.6 is 35.3 Å². The van der Waals surface area contributed by atoms with Gasteiger partial charge in [0.1, 0.15) is 12.4 Å². The van der Waals surface area contributed by atoms with Crippen LogP contribution in [0.25, 0.3) is 0 Å². The maximum absolute atomic E-state index is 13.2. The SMILES string of the molecule is CN=C(NCCOc1ccc(F)c(F)c1)NC1CCN(Cc2ccsc2)CC1.I. The van der Waals surface area contributed by atoms with Gasteiger partial charge in [0.2, 0.25) is 0 Å². The van der Waals surface area contributed by atoms with Crippen LogP contribution in [-0.2, 0) is 6.54 Å². The highest BCUT2D eigenvalue weighted by atomic mass is 127. The summed E-state index contributed by atoms with van der Waals surface area (Å²) < 4.78 is 31.5. The van der Waals surface area contributed by atoms with Gasteiger partial charge in [-0.3, -0.25) is 9.89 Å². The molecular weight excluding hydrogens is 509 g/mol. The number of nitrogens with zero attached hydrogens (tertiary/aromatic N) is 2. The summed E-state index contributed by atoms with van der Waals surface area (Å²) in [6.07, 6.45) is 2.13. The Labute approximate surface area is 191 Å². The van der Waals surface area contributed by atoms with Crippen LogP contribution in [0.1, 0.15) is 18.4 Å². The van der Waals surface area contributed by atoms with E-state index in [1.54, 1.807) is 18.4 Å². The minimum absolute atomic E-state index is 0. The van der Waals surface area contributed by atoms with Crippen molar-refractivity contribution in [3.63, 3.8) is 0 Å². The van der Waals surface area contributed by atoms with Crippen LogP contribution in [-0.4, -0.2) is 50.2 Å². The van der Waals surface area contributed by atoms with Gasteiger partial charge in [0.15, 0.2) is 17.6 Å². The zero-order valence-corrected chi connectivity index (χ0v) is 19.5. The first kappa shape index (κ1) is 23.8. The molecule has 0 aliphatic carbocycles. The molecule has 160 valence electrons. The van der Waals surface area contributed by atoms with Crippen LogP contribution in [0.5, 0.6) is 5.75 Å². The van der Waals surface area contributed by atoms with Gasteiger partial charge in [-0.05, 0) is 47.4 Å². The Morgan fingerprint density at radius 1 is 1.24 bits per heavy atom. The second-order valence-corrected chi connectivity index (χ2v) is 7.53. The molecule has 2 heterocycles. The number of rotatable bonds is 7. The molecule has 1 aromatic heterocycles. The molecular formula is C20H27F2IN4OS. The minimum Gasteiger partial charge on any atom is -0.492 e. The van der Waals surface area contributed by atoms with Gasteiger partial charge in [0.25, 0.3) is 0 Å². The molecule has 1 aliphatic rings. The number of benzene rings is 1. The molecule has 1 saturated heterocycles. The molecule has 0 atom stereocenters. The van der Waals surface area contributed by atoms with Gasteiger partial charge >= 0.3 is 0 Å². The van der Waals surface area contributed by atoms with E-state index in [1.165, 1.54) is 11.6 Å². The highest BCUT2D eigenvalue weighted by Crippen LogP contribution is 2.16. The predicted octanol–water partition coefficient (Wildman–Crippen LogP) is 3.85. The standard InChI is InChI=1S/C20H26F2N4OS.HI/c1-23-20(24-7-10-27-17-2-3-18(21)19(22)12-17)25-16-4-8-26(9-5-16)13-15-6-11-28-14-15;/h2-3,6,11-12,14,16H,4-5,7-10,13H2,1H3,(H2,23,24,25);1H. The third-order valence-corrected chi connectivity index (χ3v) is 5.42. The van der Waals surface area contributed by atoms with Crippen LogP contribution in [0.3, 0.4) is 0 Å². The molecule has 1 aromatic carbocycles. The molecule has 1 fully saturated rings. The molecule has 29 heavy (non-hydrogen) atoms. The Bertz CT molecular complexity index is 768. The fourth-order valence-electron chi connectivity index (χ4n) is 3.17. The normalized spacial score (nSPS) is 15.6. The van der Waals surface area contributed by atoms with Gasteiger partial charge in [0, 0.05) is 38.8 Å². The third kappa shape index (κ3) is 7.71. The number of piperidine rings is 1. The summed E-state index contributed by atoms with van der Waals surface area (Å²) in [6, 6.07) is 6.09. The van der Waals surface area contributed by atoms with Gasteiger partial charge in [-0.15, -0.1) is 24.0 Å². The number of hydrogen-bond donors (Lipinski definition) is 2. The molecule has 5 nitrogen and oxygen atoms in total. The molecule has 1 aliphatic heterocycles. The topological polar surface area (TPSA) is 48.9 Å². The van der Waals surface area contributed by atoms with Crippen molar-refractivity contribution in [2.75, 3.05) is 33.3 Å². The molecule has 0 amide bonds. The highest BCUT2D eigenvalue weighted by Gasteiger charge is 2.20. The highest BCUT2D eigenvalue weighted by molar-refractivity contribution is 14.0. The smallest absolute Gasteiger partial charge is 0.191 e. The molecule has 9 heteroatoms. The van der Waals surface area contributed by atoms with E-state index in [4.69, 9.17) is 4.74 Å². The Hall–Kier alpha value is -1.46. The van der Waals surface area contributed by atoms with Crippen LogP contribution in [0.2, 0.25) is 0 Å². The number of thiophene rings is 1. The number of nitrogens with one attached hydrogen (secondary N) is 2. The van der Waals surface area contributed by atoms with E-state index in [0.717, 1.165) is 50.6 Å². The van der Waals surface area contributed by atoms with Gasteiger partial charge in [-0.1, -0.05) is 0 Å². The van der Waals surface area contributed by atoms with Crippen molar-refractivity contribution in [2.24, 2.45) is 4.99 Å². The fraction of sp³-hybridized carbons (Fsp3) is 0.450. The molecule has 3 rings (SSSR count). The Morgan fingerprint density at radius 2 is 2.03 bits per heavy atom. The van der Waals surface area contributed by atoms with E-state index in [-0.39, 0.29) is 24.0 Å². The van der Waals surface area contributed by atoms with Crippen molar-refractivity contribution in [1.82, 2.24) is 15.5 Å². The quantitative estimate of drug-likeness (QED) is 0.245. The molecule has 0 spiro atoms. The Balaban J connectivity index is 0.00000300. The van der Waals surface area contributed by atoms with Crippen molar-refractivity contribution in [1.29, 1.82) is 0 Å². The van der Waals surface area contributed by atoms with E-state index in [2.05, 4.69) is 37.4 Å². The summed E-state index contributed by atoms with van der Waals surface area (Å²) in [5.74, 6) is -0.753. The van der Waals surface area contributed by atoms with E-state index >= 15 is 0 Å². The lowest BCUT2D eigenvalue weighted by atomic mass is 10.0. The average Bonchev–Trinajstić information content (AvgIpc) is 3.21. The largest absolute Gasteiger partial charge is 0.492 e. The number of likely N-dealkylation sites (tertiary alicyclic amines) is 1. The molecule has 2 N–H and O–H groups in total. The maximum atomic E-state index is 13.2. The first-order chi connectivity index (χ1) is 13.6. The van der Waals surface area contributed by atoms with Crippen LogP contribution in [0.4, 0.5) is 8.78 Å². The third-order valence-electron chi connectivity index (χ3n) is 4.69. The number of guanidine groups is 1. The summed E-state index contributed by atoms with van der Waals surface area (Å²) in [7, 11) is 1.73. The second-order valence-electron chi connectivity index (χ2n) is 6.75.